The van der Waals surface area contributed by atoms with Gasteiger partial charge in [-0.15, -0.1) is 0 Å². The Hall–Kier alpha value is -0.810. The van der Waals surface area contributed by atoms with Gasteiger partial charge in [-0.1, -0.05) is 27.7 Å². The van der Waals surface area contributed by atoms with Crippen LogP contribution in [-0.2, 0) is 4.74 Å². The van der Waals surface area contributed by atoms with Crippen LogP contribution in [0.15, 0.2) is 0 Å². The monoisotopic (exact) mass is 329 g/mol. The van der Waals surface area contributed by atoms with Crippen molar-refractivity contribution in [1.29, 1.82) is 0 Å². The molecule has 0 aromatic heterocycles. The van der Waals surface area contributed by atoms with E-state index in [-0.39, 0.29) is 6.09 Å². The zero-order valence-electron chi connectivity index (χ0n) is 16.5. The van der Waals surface area contributed by atoms with Gasteiger partial charge in [-0.2, -0.15) is 0 Å². The summed E-state index contributed by atoms with van der Waals surface area (Å²) < 4.78 is 5.30. The second-order valence-corrected chi connectivity index (χ2v) is 7.68. The molecule has 0 saturated carbocycles. The van der Waals surface area contributed by atoms with E-state index in [0.717, 1.165) is 26.2 Å². The highest BCUT2D eigenvalue weighted by Gasteiger charge is 2.19. The third-order valence-corrected chi connectivity index (χ3v) is 4.01. The van der Waals surface area contributed by atoms with E-state index in [4.69, 9.17) is 4.74 Å². The van der Waals surface area contributed by atoms with Crippen LogP contribution in [0.4, 0.5) is 4.79 Å². The molecule has 0 rings (SSSR count). The summed E-state index contributed by atoms with van der Waals surface area (Å²) in [6, 6.07) is 0.442. The largest absolute Gasteiger partial charge is 0.444 e. The zero-order valence-corrected chi connectivity index (χ0v) is 16.5. The molecule has 5 nitrogen and oxygen atoms in total. The highest BCUT2D eigenvalue weighted by Crippen LogP contribution is 2.11. The summed E-state index contributed by atoms with van der Waals surface area (Å²) in [6.45, 7) is 21.4. The molecular weight excluding hydrogens is 290 g/mol. The Morgan fingerprint density at radius 2 is 1.65 bits per heavy atom. The van der Waals surface area contributed by atoms with Crippen LogP contribution in [-0.4, -0.2) is 55.4 Å². The number of carbonyl (C=O) groups is 1. The third-order valence-electron chi connectivity index (χ3n) is 4.01. The number of amides is 1. The summed E-state index contributed by atoms with van der Waals surface area (Å²) in [6.07, 6.45) is -0.334. The Morgan fingerprint density at radius 3 is 2.09 bits per heavy atom. The van der Waals surface area contributed by atoms with Crippen LogP contribution in [0, 0.1) is 11.8 Å². The van der Waals surface area contributed by atoms with Gasteiger partial charge in [0.25, 0.3) is 0 Å². The van der Waals surface area contributed by atoms with E-state index in [0.29, 0.717) is 24.4 Å². The maximum atomic E-state index is 11.8. The average Bonchev–Trinajstić information content (AvgIpc) is 2.42. The fourth-order valence-electron chi connectivity index (χ4n) is 2.36. The fraction of sp³-hybridized carbons (Fsp3) is 0.944. The van der Waals surface area contributed by atoms with Gasteiger partial charge in [0.1, 0.15) is 5.60 Å². The van der Waals surface area contributed by atoms with Crippen molar-refractivity contribution in [3.8, 4) is 0 Å². The number of carbonyl (C=O) groups excluding carboxylic acids is 1. The lowest BCUT2D eigenvalue weighted by Gasteiger charge is -2.27. The quantitative estimate of drug-likeness (QED) is 0.647. The van der Waals surface area contributed by atoms with Crippen molar-refractivity contribution in [1.82, 2.24) is 15.5 Å². The number of hydrogen-bond acceptors (Lipinski definition) is 4. The molecule has 0 aliphatic carbocycles. The predicted octanol–water partition coefficient (Wildman–Crippen LogP) is 3.10. The Kier molecular flexibility index (Phi) is 10.5. The van der Waals surface area contributed by atoms with Crippen molar-refractivity contribution in [2.75, 3.05) is 32.7 Å². The highest BCUT2D eigenvalue weighted by atomic mass is 16.6. The molecular formula is C18H39N3O2. The second kappa shape index (κ2) is 10.9. The Bertz CT molecular complexity index is 323. The van der Waals surface area contributed by atoms with Gasteiger partial charge in [-0.25, -0.2) is 4.79 Å². The summed E-state index contributed by atoms with van der Waals surface area (Å²) in [5, 5.41) is 6.50. The van der Waals surface area contributed by atoms with Crippen LogP contribution in [0.1, 0.15) is 55.4 Å². The molecule has 0 saturated heterocycles. The molecule has 5 heteroatoms. The maximum absolute atomic E-state index is 11.8. The van der Waals surface area contributed by atoms with E-state index in [1.165, 1.54) is 0 Å². The van der Waals surface area contributed by atoms with Crippen molar-refractivity contribution in [2.24, 2.45) is 11.8 Å². The second-order valence-electron chi connectivity index (χ2n) is 7.68. The molecule has 2 atom stereocenters. The molecule has 0 aromatic carbocycles. The smallest absolute Gasteiger partial charge is 0.407 e. The van der Waals surface area contributed by atoms with Crippen LogP contribution in [0.2, 0.25) is 0 Å². The van der Waals surface area contributed by atoms with Crippen LogP contribution in [0.5, 0.6) is 0 Å². The number of hydrogen-bond donors (Lipinski definition) is 2. The number of rotatable bonds is 10. The van der Waals surface area contributed by atoms with E-state index in [2.05, 4.69) is 50.2 Å². The molecule has 0 bridgehead atoms. The topological polar surface area (TPSA) is 53.6 Å². The number of ether oxygens (including phenoxy) is 1. The molecule has 2 N–H and O–H groups in total. The number of nitrogens with one attached hydrogen (secondary N) is 2. The van der Waals surface area contributed by atoms with Gasteiger partial charge >= 0.3 is 6.09 Å². The average molecular weight is 330 g/mol. The summed E-state index contributed by atoms with van der Waals surface area (Å²) in [7, 11) is 0. The standard InChI is InChI=1S/C18H39N3O2/c1-9-21(10-2)13-15(5)19-11-16(14(3)4)12-20-17(22)23-18(6,7)8/h14-16,19H,9-13H2,1-8H3,(H,20,22). The molecule has 0 spiro atoms. The van der Waals surface area contributed by atoms with Crippen molar-refractivity contribution < 1.29 is 9.53 Å². The highest BCUT2D eigenvalue weighted by molar-refractivity contribution is 5.67. The Labute approximate surface area is 143 Å². The van der Waals surface area contributed by atoms with Gasteiger partial charge in [-0.3, -0.25) is 0 Å². The molecule has 2 unspecified atom stereocenters. The molecule has 138 valence electrons. The summed E-state index contributed by atoms with van der Waals surface area (Å²) in [4.78, 5) is 14.2. The lowest BCUT2D eigenvalue weighted by atomic mass is 9.95. The Balaban J connectivity index is 4.24. The summed E-state index contributed by atoms with van der Waals surface area (Å²) in [5.41, 5.74) is -0.450. The molecule has 0 aromatic rings. The minimum absolute atomic E-state index is 0.334. The molecule has 0 radical (unpaired) electrons. The van der Waals surface area contributed by atoms with E-state index in [1.54, 1.807) is 0 Å². The molecule has 1 amide bonds. The minimum atomic E-state index is -0.450. The molecule has 23 heavy (non-hydrogen) atoms. The number of likely N-dealkylation sites (N-methyl/N-ethyl adjacent to an activating group) is 1. The summed E-state index contributed by atoms with van der Waals surface area (Å²) in [5.74, 6) is 0.889. The Morgan fingerprint density at radius 1 is 1.09 bits per heavy atom. The van der Waals surface area contributed by atoms with Gasteiger partial charge in [0.2, 0.25) is 0 Å². The van der Waals surface area contributed by atoms with Crippen molar-refractivity contribution in [3.63, 3.8) is 0 Å². The molecule has 0 aliphatic heterocycles. The molecule has 0 fully saturated rings. The first-order valence-electron chi connectivity index (χ1n) is 9.01. The van der Waals surface area contributed by atoms with Crippen molar-refractivity contribution in [3.05, 3.63) is 0 Å². The van der Waals surface area contributed by atoms with Crippen LogP contribution >= 0.6 is 0 Å². The molecule has 0 heterocycles. The van der Waals surface area contributed by atoms with Crippen molar-refractivity contribution >= 4 is 6.09 Å². The summed E-state index contributed by atoms with van der Waals surface area (Å²) >= 11 is 0. The van der Waals surface area contributed by atoms with Gasteiger partial charge in [0.15, 0.2) is 0 Å². The minimum Gasteiger partial charge on any atom is -0.444 e. The first kappa shape index (κ1) is 22.2. The zero-order chi connectivity index (χ0) is 18.0. The molecule has 0 aliphatic rings. The third kappa shape index (κ3) is 11.4. The van der Waals surface area contributed by atoms with Crippen molar-refractivity contribution in [2.45, 2.75) is 67.0 Å². The number of nitrogens with zero attached hydrogens (tertiary/aromatic N) is 1. The first-order valence-corrected chi connectivity index (χ1v) is 9.01. The van der Waals surface area contributed by atoms with Crippen LogP contribution in [0.25, 0.3) is 0 Å². The lowest BCUT2D eigenvalue weighted by Crippen LogP contribution is -2.44. The predicted molar refractivity (Wildman–Crippen MR) is 97.8 cm³/mol. The van der Waals surface area contributed by atoms with Gasteiger partial charge in [-0.05, 0) is 52.6 Å². The SMILES string of the molecule is CCN(CC)CC(C)NCC(CNC(=O)OC(C)(C)C)C(C)C. The van der Waals surface area contributed by atoms with E-state index in [1.807, 2.05) is 20.8 Å². The fourth-order valence-corrected chi connectivity index (χ4v) is 2.36. The van der Waals surface area contributed by atoms with Gasteiger partial charge in [0.05, 0.1) is 0 Å². The normalized spacial score (nSPS) is 14.9. The van der Waals surface area contributed by atoms with E-state index in [9.17, 15) is 4.79 Å². The van der Waals surface area contributed by atoms with E-state index >= 15 is 0 Å². The van der Waals surface area contributed by atoms with Crippen LogP contribution in [0.3, 0.4) is 0 Å². The first-order chi connectivity index (χ1) is 10.6. The van der Waals surface area contributed by atoms with Gasteiger partial charge < -0.3 is 20.3 Å². The van der Waals surface area contributed by atoms with Crippen LogP contribution < -0.4 is 10.6 Å². The number of alkyl carbamates (subject to hydrolysis) is 1. The van der Waals surface area contributed by atoms with E-state index < -0.39 is 5.60 Å². The maximum Gasteiger partial charge on any atom is 0.407 e. The lowest BCUT2D eigenvalue weighted by molar-refractivity contribution is 0.0514. The van der Waals surface area contributed by atoms with Gasteiger partial charge in [0, 0.05) is 25.7 Å².